The summed E-state index contributed by atoms with van der Waals surface area (Å²) in [4.78, 5) is 23.7. The van der Waals surface area contributed by atoms with Gasteiger partial charge in [0, 0.05) is 6.42 Å². The van der Waals surface area contributed by atoms with Crippen LogP contribution in [0.25, 0.3) is 0 Å². The van der Waals surface area contributed by atoms with Crippen molar-refractivity contribution < 1.29 is 22.7 Å². The summed E-state index contributed by atoms with van der Waals surface area (Å²) in [5, 5.41) is 2.54. The van der Waals surface area contributed by atoms with E-state index in [4.69, 9.17) is 0 Å². The number of thioether (sulfide) groups is 1. The van der Waals surface area contributed by atoms with E-state index >= 15 is 0 Å². The highest BCUT2D eigenvalue weighted by molar-refractivity contribution is 7.98. The summed E-state index contributed by atoms with van der Waals surface area (Å²) in [5.74, 6) is -0.638. The molecule has 1 aromatic carbocycles. The van der Waals surface area contributed by atoms with Gasteiger partial charge in [0.2, 0.25) is 5.91 Å². The molecule has 0 bridgehead atoms. The van der Waals surface area contributed by atoms with E-state index < -0.39 is 27.8 Å². The number of ether oxygens (including phenoxy) is 1. The van der Waals surface area contributed by atoms with Crippen molar-refractivity contribution in [1.82, 2.24) is 5.32 Å². The van der Waals surface area contributed by atoms with Gasteiger partial charge < -0.3 is 10.1 Å². The van der Waals surface area contributed by atoms with Crippen molar-refractivity contribution in [3.63, 3.8) is 0 Å². The summed E-state index contributed by atoms with van der Waals surface area (Å²) in [6, 6.07) is 7.20. The smallest absolute Gasteiger partial charge is 0.328 e. The molecular formula is C15H21NO5S2. The largest absolute Gasteiger partial charge is 0.467 e. The first-order chi connectivity index (χ1) is 10.9. The number of hydrogen-bond donors (Lipinski definition) is 1. The van der Waals surface area contributed by atoms with E-state index in [-0.39, 0.29) is 17.1 Å². The summed E-state index contributed by atoms with van der Waals surface area (Å²) in [7, 11) is -2.26. The van der Waals surface area contributed by atoms with Gasteiger partial charge in [-0.05, 0) is 30.6 Å². The molecule has 1 N–H and O–H groups in total. The third-order valence-corrected chi connectivity index (χ3v) is 5.51. The Labute approximate surface area is 140 Å². The summed E-state index contributed by atoms with van der Waals surface area (Å²) < 4.78 is 28.9. The number of amides is 1. The third-order valence-electron chi connectivity index (χ3n) is 3.13. The number of rotatable bonds is 9. The van der Waals surface area contributed by atoms with Gasteiger partial charge in [0.1, 0.15) is 6.04 Å². The van der Waals surface area contributed by atoms with Gasteiger partial charge >= 0.3 is 5.97 Å². The molecule has 1 amide bonds. The standard InChI is InChI=1S/C15H21NO5S2/c1-21-15(18)13(8-10-22-2)16-14(17)9-11-23(19,20)12-6-4-3-5-7-12/h3-7,13H,8-11H2,1-2H3,(H,16,17)/t13-/m0/s1. The van der Waals surface area contributed by atoms with Crippen LogP contribution >= 0.6 is 11.8 Å². The van der Waals surface area contributed by atoms with Crippen LogP contribution in [0.15, 0.2) is 35.2 Å². The predicted molar refractivity (Wildman–Crippen MR) is 90.1 cm³/mol. The molecule has 0 saturated heterocycles. The number of carbonyl (C=O) groups is 2. The van der Waals surface area contributed by atoms with Crippen molar-refractivity contribution in [3.05, 3.63) is 30.3 Å². The lowest BCUT2D eigenvalue weighted by Crippen LogP contribution is -2.42. The highest BCUT2D eigenvalue weighted by atomic mass is 32.2. The maximum atomic E-state index is 12.1. The zero-order chi connectivity index (χ0) is 17.3. The summed E-state index contributed by atoms with van der Waals surface area (Å²) in [6.07, 6.45) is 2.12. The third kappa shape index (κ3) is 6.62. The van der Waals surface area contributed by atoms with Crippen molar-refractivity contribution in [1.29, 1.82) is 0 Å². The zero-order valence-corrected chi connectivity index (χ0v) is 14.8. The number of nitrogens with one attached hydrogen (secondary N) is 1. The summed E-state index contributed by atoms with van der Waals surface area (Å²) >= 11 is 1.54. The maximum Gasteiger partial charge on any atom is 0.328 e. The van der Waals surface area contributed by atoms with Crippen LogP contribution in [-0.2, 0) is 24.2 Å². The Morgan fingerprint density at radius 3 is 2.48 bits per heavy atom. The van der Waals surface area contributed by atoms with Gasteiger partial charge in [0.25, 0.3) is 0 Å². The van der Waals surface area contributed by atoms with E-state index in [0.717, 1.165) is 0 Å². The molecule has 23 heavy (non-hydrogen) atoms. The van der Waals surface area contributed by atoms with Crippen LogP contribution in [0.4, 0.5) is 0 Å². The fourth-order valence-corrected chi connectivity index (χ4v) is 3.60. The van der Waals surface area contributed by atoms with Gasteiger partial charge in [-0.2, -0.15) is 11.8 Å². The Morgan fingerprint density at radius 2 is 1.91 bits per heavy atom. The second-order valence-corrected chi connectivity index (χ2v) is 7.90. The van der Waals surface area contributed by atoms with Gasteiger partial charge in [-0.3, -0.25) is 4.79 Å². The van der Waals surface area contributed by atoms with Crippen molar-refractivity contribution >= 4 is 33.5 Å². The molecule has 0 aromatic heterocycles. The molecule has 0 radical (unpaired) electrons. The molecule has 1 atom stereocenters. The second kappa shape index (κ2) is 9.57. The van der Waals surface area contributed by atoms with Crippen LogP contribution in [-0.4, -0.2) is 51.2 Å². The number of sulfone groups is 1. The highest BCUT2D eigenvalue weighted by Gasteiger charge is 2.22. The van der Waals surface area contributed by atoms with Crippen LogP contribution < -0.4 is 5.32 Å². The average Bonchev–Trinajstić information content (AvgIpc) is 2.57. The maximum absolute atomic E-state index is 12.1. The minimum absolute atomic E-state index is 0.180. The van der Waals surface area contributed by atoms with E-state index in [1.807, 2.05) is 6.26 Å². The van der Waals surface area contributed by atoms with Crippen molar-refractivity contribution in [2.45, 2.75) is 23.8 Å². The van der Waals surface area contributed by atoms with Crippen LogP contribution in [0, 0.1) is 0 Å². The molecule has 128 valence electrons. The van der Waals surface area contributed by atoms with Crippen molar-refractivity contribution in [2.24, 2.45) is 0 Å². The number of hydrogen-bond acceptors (Lipinski definition) is 6. The van der Waals surface area contributed by atoms with Crippen molar-refractivity contribution in [2.75, 3.05) is 24.9 Å². The Balaban J connectivity index is 2.59. The summed E-state index contributed by atoms with van der Waals surface area (Å²) in [6.45, 7) is 0. The molecule has 0 aliphatic carbocycles. The molecule has 6 nitrogen and oxygen atoms in total. The number of benzene rings is 1. The van der Waals surface area contributed by atoms with Crippen LogP contribution in [0.2, 0.25) is 0 Å². The number of carbonyl (C=O) groups excluding carboxylic acids is 2. The minimum Gasteiger partial charge on any atom is -0.467 e. The molecule has 0 spiro atoms. The lowest BCUT2D eigenvalue weighted by molar-refractivity contribution is -0.145. The molecule has 0 aliphatic rings. The van der Waals surface area contributed by atoms with Gasteiger partial charge in [-0.15, -0.1) is 0 Å². The molecule has 0 heterocycles. The second-order valence-electron chi connectivity index (χ2n) is 4.81. The zero-order valence-electron chi connectivity index (χ0n) is 13.2. The first-order valence-corrected chi connectivity index (χ1v) is 10.1. The van der Waals surface area contributed by atoms with E-state index in [2.05, 4.69) is 10.1 Å². The topological polar surface area (TPSA) is 89.5 Å². The Bertz CT molecular complexity index is 616. The van der Waals surface area contributed by atoms with Crippen LogP contribution in [0.5, 0.6) is 0 Å². The highest BCUT2D eigenvalue weighted by Crippen LogP contribution is 2.11. The molecule has 0 saturated carbocycles. The normalized spacial score (nSPS) is 12.4. The van der Waals surface area contributed by atoms with E-state index in [1.54, 1.807) is 30.0 Å². The molecule has 0 unspecified atom stereocenters. The minimum atomic E-state index is -3.52. The quantitative estimate of drug-likeness (QED) is 0.668. The average molecular weight is 359 g/mol. The Hall–Kier alpha value is -1.54. The molecule has 1 aromatic rings. The fraction of sp³-hybridized carbons (Fsp3) is 0.467. The Kier molecular flexibility index (Phi) is 8.11. The first kappa shape index (κ1) is 19.5. The van der Waals surface area contributed by atoms with E-state index in [0.29, 0.717) is 12.2 Å². The summed E-state index contributed by atoms with van der Waals surface area (Å²) in [5.41, 5.74) is 0. The molecule has 8 heteroatoms. The van der Waals surface area contributed by atoms with E-state index in [1.165, 1.54) is 19.2 Å². The van der Waals surface area contributed by atoms with Gasteiger partial charge in [-0.25, -0.2) is 13.2 Å². The van der Waals surface area contributed by atoms with E-state index in [9.17, 15) is 18.0 Å². The lowest BCUT2D eigenvalue weighted by atomic mass is 10.2. The predicted octanol–water partition coefficient (Wildman–Crippen LogP) is 1.26. The monoisotopic (exact) mass is 359 g/mol. The molecule has 0 aliphatic heterocycles. The molecule has 0 fully saturated rings. The van der Waals surface area contributed by atoms with Gasteiger partial charge in [0.15, 0.2) is 9.84 Å². The Morgan fingerprint density at radius 1 is 1.26 bits per heavy atom. The van der Waals surface area contributed by atoms with Crippen molar-refractivity contribution in [3.8, 4) is 0 Å². The van der Waals surface area contributed by atoms with Crippen LogP contribution in [0.1, 0.15) is 12.8 Å². The van der Waals surface area contributed by atoms with Gasteiger partial charge in [0.05, 0.1) is 17.8 Å². The number of esters is 1. The fourth-order valence-electron chi connectivity index (χ4n) is 1.87. The molecule has 1 rings (SSSR count). The number of methoxy groups -OCH3 is 1. The SMILES string of the molecule is COC(=O)[C@H](CCSC)NC(=O)CCS(=O)(=O)c1ccccc1. The van der Waals surface area contributed by atoms with Gasteiger partial charge in [-0.1, -0.05) is 18.2 Å². The first-order valence-electron chi connectivity index (χ1n) is 7.04. The van der Waals surface area contributed by atoms with Crippen LogP contribution in [0.3, 0.4) is 0 Å². The molecular weight excluding hydrogens is 338 g/mol. The lowest BCUT2D eigenvalue weighted by Gasteiger charge is -2.16.